The van der Waals surface area contributed by atoms with Crippen molar-refractivity contribution in [3.05, 3.63) is 60.7 Å². The summed E-state index contributed by atoms with van der Waals surface area (Å²) in [5, 5.41) is 12.5. The summed E-state index contributed by atoms with van der Waals surface area (Å²) in [5.74, 6) is 0. The monoisotopic (exact) mass is 272 g/mol. The van der Waals surface area contributed by atoms with Crippen LogP contribution >= 0.6 is 7.92 Å². The molecule has 19 heavy (non-hydrogen) atoms. The van der Waals surface area contributed by atoms with Gasteiger partial charge in [-0.1, -0.05) is 74.0 Å². The number of hydrogen-bond donors (Lipinski definition) is 1. The van der Waals surface area contributed by atoms with Crippen molar-refractivity contribution in [3.8, 4) is 0 Å². The first kappa shape index (κ1) is 14.2. The highest BCUT2D eigenvalue weighted by molar-refractivity contribution is 7.73. The summed E-state index contributed by atoms with van der Waals surface area (Å²) >= 11 is 0. The van der Waals surface area contributed by atoms with E-state index in [0.29, 0.717) is 5.66 Å². The van der Waals surface area contributed by atoms with Crippen LogP contribution in [-0.4, -0.2) is 17.4 Å². The largest absolute Gasteiger partial charge is 0.396 e. The van der Waals surface area contributed by atoms with E-state index in [9.17, 15) is 5.11 Å². The Labute approximate surface area is 117 Å². The molecule has 2 heteroatoms. The molecule has 0 unspecified atom stereocenters. The van der Waals surface area contributed by atoms with Gasteiger partial charge in [-0.3, -0.25) is 0 Å². The van der Waals surface area contributed by atoms with Gasteiger partial charge in [0.25, 0.3) is 0 Å². The molecule has 2 aromatic carbocycles. The molecule has 1 nitrogen and oxygen atoms in total. The molecule has 0 spiro atoms. The minimum Gasteiger partial charge on any atom is -0.396 e. The summed E-state index contributed by atoms with van der Waals surface area (Å²) in [7, 11) is -0.470. The highest BCUT2D eigenvalue weighted by atomic mass is 31.1. The van der Waals surface area contributed by atoms with E-state index >= 15 is 0 Å². The molecule has 0 amide bonds. The Kier molecular flexibility index (Phi) is 5.57. The van der Waals surface area contributed by atoms with Gasteiger partial charge in [0, 0.05) is 5.66 Å². The molecule has 100 valence electrons. The van der Waals surface area contributed by atoms with Gasteiger partial charge < -0.3 is 5.11 Å². The molecular weight excluding hydrogens is 251 g/mol. The summed E-state index contributed by atoms with van der Waals surface area (Å²) in [4.78, 5) is 0. The Morgan fingerprint density at radius 1 is 0.895 bits per heavy atom. The maximum absolute atomic E-state index is 9.77. The second-order valence-corrected chi connectivity index (χ2v) is 7.17. The lowest BCUT2D eigenvalue weighted by atomic mass is 10.2. The molecule has 0 saturated carbocycles. The molecule has 0 fully saturated rings. The van der Waals surface area contributed by atoms with Crippen molar-refractivity contribution in [2.45, 2.75) is 25.4 Å². The number of aliphatic hydroxyl groups excluding tert-OH is 1. The van der Waals surface area contributed by atoms with Crippen molar-refractivity contribution >= 4 is 18.5 Å². The third kappa shape index (κ3) is 3.65. The van der Waals surface area contributed by atoms with Gasteiger partial charge in [0.05, 0.1) is 6.61 Å². The van der Waals surface area contributed by atoms with E-state index in [1.54, 1.807) is 0 Å². The number of benzene rings is 2. The van der Waals surface area contributed by atoms with Crippen LogP contribution < -0.4 is 10.6 Å². The highest BCUT2D eigenvalue weighted by Gasteiger charge is 2.22. The van der Waals surface area contributed by atoms with Crippen LogP contribution in [0.5, 0.6) is 0 Å². The van der Waals surface area contributed by atoms with Gasteiger partial charge in [-0.2, -0.15) is 0 Å². The van der Waals surface area contributed by atoms with E-state index in [1.807, 2.05) is 0 Å². The van der Waals surface area contributed by atoms with E-state index < -0.39 is 7.92 Å². The molecule has 0 bridgehead atoms. The minimum atomic E-state index is -0.470. The summed E-state index contributed by atoms with van der Waals surface area (Å²) in [6.45, 7) is 2.45. The molecule has 1 atom stereocenters. The topological polar surface area (TPSA) is 20.2 Å². The normalized spacial score (nSPS) is 12.6. The average Bonchev–Trinajstić information content (AvgIpc) is 2.49. The van der Waals surface area contributed by atoms with Gasteiger partial charge >= 0.3 is 0 Å². The second kappa shape index (κ2) is 7.43. The van der Waals surface area contributed by atoms with Gasteiger partial charge in [-0.05, 0) is 25.0 Å². The first-order chi connectivity index (χ1) is 9.36. The molecule has 0 aromatic heterocycles. The summed E-state index contributed by atoms with van der Waals surface area (Å²) < 4.78 is 0. The van der Waals surface area contributed by atoms with Crippen molar-refractivity contribution < 1.29 is 5.11 Å². The van der Waals surface area contributed by atoms with E-state index in [-0.39, 0.29) is 6.61 Å². The lowest BCUT2D eigenvalue weighted by molar-refractivity contribution is 0.288. The Bertz CT molecular complexity index is 430. The van der Waals surface area contributed by atoms with E-state index in [0.717, 1.165) is 12.8 Å². The lowest BCUT2D eigenvalue weighted by Crippen LogP contribution is -2.24. The van der Waals surface area contributed by atoms with Crippen LogP contribution in [0.1, 0.15) is 19.8 Å². The van der Waals surface area contributed by atoms with E-state index in [1.165, 1.54) is 10.6 Å². The number of rotatable bonds is 6. The average molecular weight is 272 g/mol. The Hall–Kier alpha value is -1.17. The molecule has 0 radical (unpaired) electrons. The first-order valence-electron chi connectivity index (χ1n) is 6.87. The third-order valence-electron chi connectivity index (χ3n) is 3.27. The van der Waals surface area contributed by atoms with Gasteiger partial charge in [0.1, 0.15) is 0 Å². The zero-order valence-corrected chi connectivity index (χ0v) is 12.3. The van der Waals surface area contributed by atoms with Crippen LogP contribution in [0, 0.1) is 0 Å². The van der Waals surface area contributed by atoms with Crippen LogP contribution in [0.2, 0.25) is 0 Å². The standard InChI is InChI=1S/C17H21OP/c1-2-9-17(14-18)19(15-10-5-3-6-11-15)16-12-7-4-8-13-16/h3-8,10-13,17-18H,2,9,14H2,1H3/t17-/m1/s1. The molecule has 0 aliphatic rings. The van der Waals surface area contributed by atoms with Crippen molar-refractivity contribution in [2.24, 2.45) is 0 Å². The third-order valence-corrected chi connectivity index (χ3v) is 6.13. The fraction of sp³-hybridized carbons (Fsp3) is 0.294. The highest BCUT2D eigenvalue weighted by Crippen LogP contribution is 2.41. The maximum Gasteiger partial charge on any atom is 0.0504 e. The SMILES string of the molecule is CCC[C@H](CO)P(c1ccccc1)c1ccccc1. The fourth-order valence-electron chi connectivity index (χ4n) is 2.38. The maximum atomic E-state index is 9.77. The van der Waals surface area contributed by atoms with Gasteiger partial charge in [-0.25, -0.2) is 0 Å². The zero-order chi connectivity index (χ0) is 13.5. The van der Waals surface area contributed by atoms with Gasteiger partial charge in [0.2, 0.25) is 0 Å². The summed E-state index contributed by atoms with van der Waals surface area (Å²) in [6.07, 6.45) is 2.19. The fourth-order valence-corrected chi connectivity index (χ4v) is 5.19. The Morgan fingerprint density at radius 2 is 1.37 bits per heavy atom. The quantitative estimate of drug-likeness (QED) is 0.800. The number of aliphatic hydroxyl groups is 1. The predicted octanol–water partition coefficient (Wildman–Crippen LogP) is 3.28. The summed E-state index contributed by atoms with van der Waals surface area (Å²) in [6, 6.07) is 21.2. The van der Waals surface area contributed by atoms with E-state index in [4.69, 9.17) is 0 Å². The molecular formula is C17H21OP. The Balaban J connectivity index is 2.38. The van der Waals surface area contributed by atoms with Crippen molar-refractivity contribution in [1.82, 2.24) is 0 Å². The van der Waals surface area contributed by atoms with E-state index in [2.05, 4.69) is 67.6 Å². The number of hydrogen-bond acceptors (Lipinski definition) is 1. The summed E-state index contributed by atoms with van der Waals surface area (Å²) in [5.41, 5.74) is 0.352. The Morgan fingerprint density at radius 3 is 1.74 bits per heavy atom. The molecule has 0 aliphatic carbocycles. The lowest BCUT2D eigenvalue weighted by Gasteiger charge is -2.27. The molecule has 0 heterocycles. The van der Waals surface area contributed by atoms with Gasteiger partial charge in [-0.15, -0.1) is 0 Å². The molecule has 1 N–H and O–H groups in total. The smallest absolute Gasteiger partial charge is 0.0504 e. The van der Waals surface area contributed by atoms with Crippen LogP contribution in [0.3, 0.4) is 0 Å². The molecule has 0 saturated heterocycles. The van der Waals surface area contributed by atoms with Crippen LogP contribution in [0.15, 0.2) is 60.7 Å². The van der Waals surface area contributed by atoms with Gasteiger partial charge in [0.15, 0.2) is 0 Å². The van der Waals surface area contributed by atoms with Crippen molar-refractivity contribution in [2.75, 3.05) is 6.61 Å². The first-order valence-corrected chi connectivity index (χ1v) is 8.28. The van der Waals surface area contributed by atoms with Crippen LogP contribution in [0.25, 0.3) is 0 Å². The molecule has 2 rings (SSSR count). The van der Waals surface area contributed by atoms with Crippen molar-refractivity contribution in [1.29, 1.82) is 0 Å². The van der Waals surface area contributed by atoms with Crippen molar-refractivity contribution in [3.63, 3.8) is 0 Å². The van der Waals surface area contributed by atoms with Crippen LogP contribution in [0.4, 0.5) is 0 Å². The second-order valence-electron chi connectivity index (χ2n) is 4.67. The zero-order valence-electron chi connectivity index (χ0n) is 11.4. The predicted molar refractivity (Wildman–Crippen MR) is 84.9 cm³/mol. The molecule has 0 aliphatic heterocycles. The minimum absolute atomic E-state index is 0.267. The molecule has 2 aromatic rings. The van der Waals surface area contributed by atoms with Crippen LogP contribution in [-0.2, 0) is 0 Å².